The number of hydrogen-bond acceptors (Lipinski definition) is 2. The van der Waals surface area contributed by atoms with Crippen LogP contribution in [0, 0.1) is 19.8 Å². The molecule has 1 N–H and O–H groups in total. The Morgan fingerprint density at radius 2 is 1.94 bits per heavy atom. The van der Waals surface area contributed by atoms with Gasteiger partial charge in [0.1, 0.15) is 0 Å². The van der Waals surface area contributed by atoms with Gasteiger partial charge in [-0.25, -0.2) is 0 Å². The number of nitrogens with zero attached hydrogens (tertiary/aromatic N) is 1. The molecule has 1 aromatic rings. The minimum absolute atomic E-state index is 0.750. The lowest BCUT2D eigenvalue weighted by atomic mass is 9.99. The molecule has 2 atom stereocenters. The van der Waals surface area contributed by atoms with Crippen LogP contribution in [-0.2, 0) is 6.54 Å². The zero-order chi connectivity index (χ0) is 11.8. The fourth-order valence-corrected chi connectivity index (χ4v) is 3.48. The molecule has 0 aliphatic carbocycles. The van der Waals surface area contributed by atoms with Crippen molar-refractivity contribution in [3.05, 3.63) is 34.9 Å². The van der Waals surface area contributed by atoms with E-state index in [0.717, 1.165) is 18.5 Å². The highest BCUT2D eigenvalue weighted by molar-refractivity contribution is 5.28. The summed E-state index contributed by atoms with van der Waals surface area (Å²) in [5.74, 6) is 0.889. The summed E-state index contributed by atoms with van der Waals surface area (Å²) in [7, 11) is 0. The van der Waals surface area contributed by atoms with E-state index in [4.69, 9.17) is 0 Å². The van der Waals surface area contributed by atoms with Crippen molar-refractivity contribution in [2.75, 3.05) is 19.6 Å². The Morgan fingerprint density at radius 1 is 1.18 bits per heavy atom. The molecule has 2 heterocycles. The molecule has 0 saturated carbocycles. The van der Waals surface area contributed by atoms with E-state index in [0.29, 0.717) is 0 Å². The van der Waals surface area contributed by atoms with Crippen molar-refractivity contribution in [3.63, 3.8) is 0 Å². The van der Waals surface area contributed by atoms with Crippen molar-refractivity contribution in [1.29, 1.82) is 0 Å². The summed E-state index contributed by atoms with van der Waals surface area (Å²) in [5, 5.41) is 3.62. The first-order chi connectivity index (χ1) is 8.19. The monoisotopic (exact) mass is 230 g/mol. The van der Waals surface area contributed by atoms with Gasteiger partial charge in [0.15, 0.2) is 0 Å². The summed E-state index contributed by atoms with van der Waals surface area (Å²) in [6.07, 6.45) is 1.39. The largest absolute Gasteiger partial charge is 0.312 e. The number of likely N-dealkylation sites (tertiary alicyclic amines) is 1. The van der Waals surface area contributed by atoms with Gasteiger partial charge in [-0.1, -0.05) is 29.3 Å². The average Bonchev–Trinajstić information content (AvgIpc) is 2.56. The van der Waals surface area contributed by atoms with E-state index in [1.54, 1.807) is 0 Å². The van der Waals surface area contributed by atoms with Crippen molar-refractivity contribution in [2.45, 2.75) is 32.9 Å². The SMILES string of the molecule is Cc1cc(C)cc(CN2CC3CNC(C3)C2)c1. The minimum atomic E-state index is 0.750. The lowest BCUT2D eigenvalue weighted by Gasteiger charge is -2.31. The van der Waals surface area contributed by atoms with Gasteiger partial charge < -0.3 is 5.32 Å². The first kappa shape index (κ1) is 11.2. The Kier molecular flexibility index (Phi) is 2.93. The molecule has 92 valence electrons. The molecular formula is C15H22N2. The van der Waals surface area contributed by atoms with Gasteiger partial charge in [-0.3, -0.25) is 4.90 Å². The highest BCUT2D eigenvalue weighted by atomic mass is 15.2. The molecule has 2 unspecified atom stereocenters. The second kappa shape index (κ2) is 4.43. The number of benzene rings is 1. The number of fused-ring (bicyclic) bond motifs is 2. The maximum absolute atomic E-state index is 3.62. The van der Waals surface area contributed by atoms with Crippen molar-refractivity contribution in [2.24, 2.45) is 5.92 Å². The number of nitrogens with one attached hydrogen (secondary N) is 1. The molecular weight excluding hydrogens is 208 g/mol. The van der Waals surface area contributed by atoms with Crippen LogP contribution in [0.1, 0.15) is 23.1 Å². The van der Waals surface area contributed by atoms with Gasteiger partial charge in [0.25, 0.3) is 0 Å². The Morgan fingerprint density at radius 3 is 2.65 bits per heavy atom. The van der Waals surface area contributed by atoms with Crippen LogP contribution in [-0.4, -0.2) is 30.6 Å². The first-order valence-electron chi connectivity index (χ1n) is 6.72. The molecule has 0 spiro atoms. The third-order valence-electron chi connectivity index (χ3n) is 4.00. The standard InChI is InChI=1S/C15H22N2/c1-11-3-12(2)5-13(4-11)8-17-9-14-6-15(10-17)16-7-14/h3-5,14-16H,6-10H2,1-2H3. The zero-order valence-corrected chi connectivity index (χ0v) is 10.9. The minimum Gasteiger partial charge on any atom is -0.312 e. The van der Waals surface area contributed by atoms with Crippen LogP contribution in [0.2, 0.25) is 0 Å². The average molecular weight is 230 g/mol. The second-order valence-electron chi connectivity index (χ2n) is 5.90. The number of hydrogen-bond donors (Lipinski definition) is 1. The van der Waals surface area contributed by atoms with Gasteiger partial charge in [-0.2, -0.15) is 0 Å². The van der Waals surface area contributed by atoms with E-state index < -0.39 is 0 Å². The Balaban J connectivity index is 1.70. The number of rotatable bonds is 2. The van der Waals surface area contributed by atoms with Gasteiger partial charge in [-0.05, 0) is 38.3 Å². The first-order valence-corrected chi connectivity index (χ1v) is 6.72. The van der Waals surface area contributed by atoms with E-state index >= 15 is 0 Å². The van der Waals surface area contributed by atoms with Crippen LogP contribution in [0.4, 0.5) is 0 Å². The third kappa shape index (κ3) is 2.53. The smallest absolute Gasteiger partial charge is 0.0234 e. The molecule has 2 saturated heterocycles. The number of piperidine rings is 1. The maximum Gasteiger partial charge on any atom is 0.0234 e. The molecule has 0 amide bonds. The Labute approximate surface area is 104 Å². The second-order valence-corrected chi connectivity index (χ2v) is 5.90. The van der Waals surface area contributed by atoms with E-state index in [1.807, 2.05) is 0 Å². The fraction of sp³-hybridized carbons (Fsp3) is 0.600. The summed E-state index contributed by atoms with van der Waals surface area (Å²) < 4.78 is 0. The van der Waals surface area contributed by atoms with Gasteiger partial charge in [0.2, 0.25) is 0 Å². The quantitative estimate of drug-likeness (QED) is 0.837. The van der Waals surface area contributed by atoms with E-state index in [1.165, 1.54) is 42.7 Å². The lowest BCUT2D eigenvalue weighted by Crippen LogP contribution is -2.40. The van der Waals surface area contributed by atoms with Crippen LogP contribution in [0.3, 0.4) is 0 Å². The van der Waals surface area contributed by atoms with Crippen molar-refractivity contribution in [1.82, 2.24) is 10.2 Å². The van der Waals surface area contributed by atoms with Gasteiger partial charge in [-0.15, -0.1) is 0 Å². The summed E-state index contributed by atoms with van der Waals surface area (Å²) in [6, 6.07) is 7.67. The van der Waals surface area contributed by atoms with Crippen molar-refractivity contribution >= 4 is 0 Å². The number of aryl methyl sites for hydroxylation is 2. The molecule has 2 aliphatic rings. The van der Waals surface area contributed by atoms with E-state index in [9.17, 15) is 0 Å². The third-order valence-corrected chi connectivity index (χ3v) is 4.00. The van der Waals surface area contributed by atoms with Gasteiger partial charge in [0.05, 0.1) is 0 Å². The van der Waals surface area contributed by atoms with Gasteiger partial charge in [0, 0.05) is 25.7 Å². The molecule has 2 aliphatic heterocycles. The van der Waals surface area contributed by atoms with Crippen LogP contribution in [0.25, 0.3) is 0 Å². The molecule has 17 heavy (non-hydrogen) atoms. The Bertz CT molecular complexity index is 381. The summed E-state index contributed by atoms with van der Waals surface area (Å²) in [4.78, 5) is 2.62. The highest BCUT2D eigenvalue weighted by Gasteiger charge is 2.32. The summed E-state index contributed by atoms with van der Waals surface area (Å²) in [6.45, 7) is 9.24. The maximum atomic E-state index is 3.62. The lowest BCUT2D eigenvalue weighted by molar-refractivity contribution is 0.185. The Hall–Kier alpha value is -0.860. The van der Waals surface area contributed by atoms with Crippen molar-refractivity contribution < 1.29 is 0 Å². The molecule has 2 heteroatoms. The zero-order valence-electron chi connectivity index (χ0n) is 10.9. The molecule has 1 aromatic carbocycles. The predicted molar refractivity (Wildman–Crippen MR) is 71.1 cm³/mol. The molecule has 2 bridgehead atoms. The van der Waals surface area contributed by atoms with Crippen molar-refractivity contribution in [3.8, 4) is 0 Å². The van der Waals surface area contributed by atoms with Crippen LogP contribution in [0.5, 0.6) is 0 Å². The summed E-state index contributed by atoms with van der Waals surface area (Å²) >= 11 is 0. The fourth-order valence-electron chi connectivity index (χ4n) is 3.48. The molecule has 2 fully saturated rings. The van der Waals surface area contributed by atoms with Crippen LogP contribution < -0.4 is 5.32 Å². The predicted octanol–water partition coefficient (Wildman–Crippen LogP) is 2.10. The molecule has 0 aromatic heterocycles. The topological polar surface area (TPSA) is 15.3 Å². The highest BCUT2D eigenvalue weighted by Crippen LogP contribution is 2.23. The normalized spacial score (nSPS) is 28.6. The molecule has 0 radical (unpaired) electrons. The van der Waals surface area contributed by atoms with Crippen LogP contribution >= 0.6 is 0 Å². The summed E-state index contributed by atoms with van der Waals surface area (Å²) in [5.41, 5.74) is 4.25. The van der Waals surface area contributed by atoms with E-state index in [2.05, 4.69) is 42.3 Å². The van der Waals surface area contributed by atoms with Gasteiger partial charge >= 0.3 is 0 Å². The van der Waals surface area contributed by atoms with Crippen LogP contribution in [0.15, 0.2) is 18.2 Å². The van der Waals surface area contributed by atoms with E-state index in [-0.39, 0.29) is 0 Å². The molecule has 3 rings (SSSR count). The molecule has 2 nitrogen and oxygen atoms in total.